The number of ether oxygens (including phenoxy) is 1. The van der Waals surface area contributed by atoms with Gasteiger partial charge in [-0.15, -0.1) is 10.2 Å². The van der Waals surface area contributed by atoms with E-state index in [-0.39, 0.29) is 12.3 Å². The molecule has 1 aliphatic rings. The van der Waals surface area contributed by atoms with Gasteiger partial charge in [0.2, 0.25) is 0 Å². The van der Waals surface area contributed by atoms with Crippen LogP contribution in [-0.2, 0) is 19.5 Å². The third-order valence-electron chi connectivity index (χ3n) is 3.84. The Labute approximate surface area is 137 Å². The molecule has 1 aromatic heterocycles. The van der Waals surface area contributed by atoms with Crippen LogP contribution in [0.3, 0.4) is 0 Å². The maximum atomic E-state index is 12.3. The monoisotopic (exact) mass is 337 g/mol. The third-order valence-corrected chi connectivity index (χ3v) is 3.84. The topological polar surface area (TPSA) is 81.1 Å². The van der Waals surface area contributed by atoms with Crippen molar-refractivity contribution < 1.29 is 18.3 Å². The molecule has 3 rings (SSSR count). The van der Waals surface area contributed by atoms with Crippen LogP contribution in [0.25, 0.3) is 0 Å². The average Bonchev–Trinajstić information content (AvgIpc) is 3.12. The lowest BCUT2D eigenvalue weighted by Crippen LogP contribution is -2.29. The predicted octanol–water partition coefficient (Wildman–Crippen LogP) is 2.46. The first-order chi connectivity index (χ1) is 11.5. The number of benzene rings is 1. The van der Waals surface area contributed by atoms with E-state index in [1.807, 2.05) is 4.57 Å². The molecule has 0 fully saturated rings. The van der Waals surface area contributed by atoms with Crippen LogP contribution in [0.2, 0.25) is 0 Å². The van der Waals surface area contributed by atoms with Gasteiger partial charge in [0.05, 0.1) is 6.54 Å². The van der Waals surface area contributed by atoms with E-state index in [0.29, 0.717) is 17.1 Å². The number of aromatic nitrogens is 3. The second-order valence-corrected chi connectivity index (χ2v) is 5.40. The minimum absolute atomic E-state index is 0.0260. The molecule has 1 aromatic carbocycles. The van der Waals surface area contributed by atoms with E-state index in [1.165, 1.54) is 12.1 Å². The van der Waals surface area contributed by atoms with Crippen LogP contribution in [0.5, 0.6) is 5.75 Å². The fourth-order valence-corrected chi connectivity index (χ4v) is 2.64. The Morgan fingerprint density at radius 2 is 2.25 bits per heavy atom. The Morgan fingerprint density at radius 3 is 3.04 bits per heavy atom. The molecule has 0 radical (unpaired) electrons. The van der Waals surface area contributed by atoms with Gasteiger partial charge in [-0.2, -0.15) is 8.78 Å². The maximum Gasteiger partial charge on any atom is 0.387 e. The van der Waals surface area contributed by atoms with Gasteiger partial charge in [-0.3, -0.25) is 0 Å². The van der Waals surface area contributed by atoms with Gasteiger partial charge < -0.3 is 19.9 Å². The molecule has 0 aliphatic carbocycles. The third kappa shape index (κ3) is 3.44. The van der Waals surface area contributed by atoms with Gasteiger partial charge in [-0.05, 0) is 25.5 Å². The number of nitrogens with one attached hydrogen (secondary N) is 2. The molecule has 0 spiro atoms. The number of carbonyl (C=O) groups excluding carboxylic acids is 1. The molecular formula is C15H17F2N5O2. The summed E-state index contributed by atoms with van der Waals surface area (Å²) < 4.78 is 31.1. The molecule has 9 heteroatoms. The van der Waals surface area contributed by atoms with E-state index in [9.17, 15) is 13.6 Å². The number of fused-ring (bicyclic) bond motifs is 1. The summed E-state index contributed by atoms with van der Waals surface area (Å²) in [5.41, 5.74) is 0.827. The lowest BCUT2D eigenvalue weighted by atomic mass is 10.2. The van der Waals surface area contributed by atoms with Crippen molar-refractivity contribution in [3.8, 4) is 5.75 Å². The van der Waals surface area contributed by atoms with Crippen molar-refractivity contribution in [1.82, 2.24) is 20.1 Å². The molecule has 0 bridgehead atoms. The summed E-state index contributed by atoms with van der Waals surface area (Å²) in [6, 6.07) is 4.11. The number of anilines is 1. The molecule has 0 unspecified atom stereocenters. The van der Waals surface area contributed by atoms with E-state index >= 15 is 0 Å². The van der Waals surface area contributed by atoms with Crippen molar-refractivity contribution in [3.05, 3.63) is 35.4 Å². The fourth-order valence-electron chi connectivity index (χ4n) is 2.64. The molecule has 7 nitrogen and oxygen atoms in total. The van der Waals surface area contributed by atoms with Gasteiger partial charge in [0, 0.05) is 24.2 Å². The first-order valence-electron chi connectivity index (χ1n) is 7.55. The Morgan fingerprint density at radius 1 is 1.42 bits per heavy atom. The number of carbonyl (C=O) groups is 1. The lowest BCUT2D eigenvalue weighted by molar-refractivity contribution is -0.0502. The van der Waals surface area contributed by atoms with Crippen LogP contribution >= 0.6 is 0 Å². The maximum absolute atomic E-state index is 12.3. The second kappa shape index (κ2) is 6.81. The van der Waals surface area contributed by atoms with E-state index in [4.69, 9.17) is 0 Å². The number of aryl methyl sites for hydroxylation is 1. The van der Waals surface area contributed by atoms with Gasteiger partial charge in [0.1, 0.15) is 11.6 Å². The van der Waals surface area contributed by atoms with Crippen molar-refractivity contribution in [3.63, 3.8) is 0 Å². The van der Waals surface area contributed by atoms with Gasteiger partial charge in [-0.1, -0.05) is 6.07 Å². The summed E-state index contributed by atoms with van der Waals surface area (Å²) >= 11 is 0. The summed E-state index contributed by atoms with van der Waals surface area (Å²) in [5, 5.41) is 13.4. The Balaban J connectivity index is 1.60. The number of amides is 2. The molecule has 24 heavy (non-hydrogen) atoms. The SMILES string of the molecule is Cc1c(NC(=O)NCc2nnc3n2CCC3)cccc1OC(F)F. The molecule has 0 atom stereocenters. The predicted molar refractivity (Wildman–Crippen MR) is 82.0 cm³/mol. The van der Waals surface area contributed by atoms with Gasteiger partial charge in [0.15, 0.2) is 5.82 Å². The Kier molecular flexibility index (Phi) is 4.59. The normalized spacial score (nSPS) is 13.0. The van der Waals surface area contributed by atoms with Crippen molar-refractivity contribution in [1.29, 1.82) is 0 Å². The van der Waals surface area contributed by atoms with Crippen LogP contribution in [0, 0.1) is 6.92 Å². The zero-order valence-electron chi connectivity index (χ0n) is 13.1. The lowest BCUT2D eigenvalue weighted by Gasteiger charge is -2.13. The fraction of sp³-hybridized carbons (Fsp3) is 0.400. The molecule has 128 valence electrons. The van der Waals surface area contributed by atoms with Crippen LogP contribution in [-0.4, -0.2) is 27.4 Å². The Bertz CT molecular complexity index is 747. The zero-order valence-corrected chi connectivity index (χ0v) is 13.1. The highest BCUT2D eigenvalue weighted by atomic mass is 19.3. The van der Waals surface area contributed by atoms with Crippen molar-refractivity contribution in [2.45, 2.75) is 39.5 Å². The average molecular weight is 337 g/mol. The van der Waals surface area contributed by atoms with Gasteiger partial charge in [0.25, 0.3) is 0 Å². The zero-order chi connectivity index (χ0) is 17.1. The highest BCUT2D eigenvalue weighted by molar-refractivity contribution is 5.90. The van der Waals surface area contributed by atoms with Crippen LogP contribution in [0.15, 0.2) is 18.2 Å². The summed E-state index contributed by atoms with van der Waals surface area (Å²) in [5.74, 6) is 1.65. The second-order valence-electron chi connectivity index (χ2n) is 5.40. The minimum Gasteiger partial charge on any atom is -0.434 e. The van der Waals surface area contributed by atoms with Crippen molar-refractivity contribution in [2.75, 3.05) is 5.32 Å². The standard InChI is InChI=1S/C15H17F2N5O2/c1-9-10(4-2-5-11(9)24-14(16)17)19-15(23)18-8-13-21-20-12-6-3-7-22(12)13/h2,4-5,14H,3,6-8H2,1H3,(H2,18,19,23). The van der Waals surface area contributed by atoms with Crippen molar-refractivity contribution in [2.24, 2.45) is 0 Å². The minimum atomic E-state index is -2.91. The summed E-state index contributed by atoms with van der Waals surface area (Å²) in [6.45, 7) is -0.223. The van der Waals surface area contributed by atoms with E-state index < -0.39 is 12.6 Å². The first kappa shape index (κ1) is 16.2. The van der Waals surface area contributed by atoms with Crippen LogP contribution < -0.4 is 15.4 Å². The number of rotatable bonds is 5. The van der Waals surface area contributed by atoms with Gasteiger partial charge in [-0.25, -0.2) is 4.79 Å². The van der Waals surface area contributed by atoms with E-state index in [1.54, 1.807) is 13.0 Å². The summed E-state index contributed by atoms with van der Waals surface area (Å²) in [7, 11) is 0. The number of nitrogens with zero attached hydrogens (tertiary/aromatic N) is 3. The number of halogens is 2. The van der Waals surface area contributed by atoms with Crippen LogP contribution in [0.4, 0.5) is 19.3 Å². The quantitative estimate of drug-likeness (QED) is 0.878. The number of hydrogen-bond acceptors (Lipinski definition) is 4. The molecule has 0 saturated heterocycles. The Hall–Kier alpha value is -2.71. The van der Waals surface area contributed by atoms with Crippen LogP contribution in [0.1, 0.15) is 23.6 Å². The number of hydrogen-bond donors (Lipinski definition) is 2. The molecule has 1 aliphatic heterocycles. The van der Waals surface area contributed by atoms with Crippen molar-refractivity contribution >= 4 is 11.7 Å². The van der Waals surface area contributed by atoms with Gasteiger partial charge >= 0.3 is 12.6 Å². The highest BCUT2D eigenvalue weighted by Crippen LogP contribution is 2.26. The molecule has 2 aromatic rings. The number of alkyl halides is 2. The molecule has 2 amide bonds. The first-order valence-corrected chi connectivity index (χ1v) is 7.55. The summed E-state index contributed by atoms with van der Waals surface area (Å²) in [6.07, 6.45) is 1.93. The molecule has 2 N–H and O–H groups in total. The smallest absolute Gasteiger partial charge is 0.387 e. The highest BCUT2D eigenvalue weighted by Gasteiger charge is 2.17. The summed E-state index contributed by atoms with van der Waals surface area (Å²) in [4.78, 5) is 12.0. The van der Waals surface area contributed by atoms with E-state index in [2.05, 4.69) is 25.6 Å². The molecule has 2 heterocycles. The largest absolute Gasteiger partial charge is 0.434 e. The number of urea groups is 1. The van der Waals surface area contributed by atoms with E-state index in [0.717, 1.165) is 25.2 Å². The molecule has 0 saturated carbocycles. The molecular weight excluding hydrogens is 320 g/mol.